The minimum absolute atomic E-state index is 0.359. The topological polar surface area (TPSA) is 60.5 Å². The summed E-state index contributed by atoms with van der Waals surface area (Å²) in [6, 6.07) is 4.12. The molecule has 2 rings (SSSR count). The Morgan fingerprint density at radius 3 is 2.80 bits per heavy atom. The lowest BCUT2D eigenvalue weighted by Gasteiger charge is -2.08. The van der Waals surface area contributed by atoms with E-state index in [1.54, 1.807) is 13.0 Å². The molecule has 1 aromatic heterocycles. The van der Waals surface area contributed by atoms with Gasteiger partial charge in [0, 0.05) is 6.07 Å². The standard InChI is InChI=1S/C13H13FN2O3S/c1-7-11(12(17)19-3)20-13(15-7)16-9-5-4-8(14)6-10(9)18-2/h4-6H,1-3H3,(H,15,16). The highest BCUT2D eigenvalue weighted by atomic mass is 32.1. The predicted molar refractivity (Wildman–Crippen MR) is 74.4 cm³/mol. The molecule has 0 spiro atoms. The van der Waals surface area contributed by atoms with E-state index in [0.29, 0.717) is 27.1 Å². The van der Waals surface area contributed by atoms with Gasteiger partial charge in [-0.3, -0.25) is 0 Å². The van der Waals surface area contributed by atoms with Crippen molar-refractivity contribution in [1.29, 1.82) is 0 Å². The average Bonchev–Trinajstić information content (AvgIpc) is 2.80. The van der Waals surface area contributed by atoms with Gasteiger partial charge in [0.2, 0.25) is 0 Å². The van der Waals surface area contributed by atoms with Gasteiger partial charge in [-0.1, -0.05) is 11.3 Å². The lowest BCUT2D eigenvalue weighted by Crippen LogP contribution is -1.99. The highest BCUT2D eigenvalue weighted by Gasteiger charge is 2.16. The molecular weight excluding hydrogens is 283 g/mol. The minimum atomic E-state index is -0.431. The Hall–Kier alpha value is -2.15. The van der Waals surface area contributed by atoms with Crippen LogP contribution in [0.2, 0.25) is 0 Å². The number of anilines is 2. The van der Waals surface area contributed by atoms with Crippen LogP contribution in [0.5, 0.6) is 5.75 Å². The molecule has 5 nitrogen and oxygen atoms in total. The number of rotatable bonds is 4. The summed E-state index contributed by atoms with van der Waals surface area (Å²) in [5.41, 5.74) is 1.14. The van der Waals surface area contributed by atoms with Crippen molar-refractivity contribution in [2.24, 2.45) is 0 Å². The van der Waals surface area contributed by atoms with Gasteiger partial charge in [0.15, 0.2) is 5.13 Å². The first-order chi connectivity index (χ1) is 9.55. The fourth-order valence-corrected chi connectivity index (χ4v) is 2.51. The Labute approximate surface area is 119 Å². The van der Waals surface area contributed by atoms with E-state index >= 15 is 0 Å². The number of aromatic nitrogens is 1. The fraction of sp³-hybridized carbons (Fsp3) is 0.231. The molecule has 0 aliphatic heterocycles. The molecule has 2 aromatic rings. The molecule has 0 radical (unpaired) electrons. The number of nitrogens with zero attached hydrogens (tertiary/aromatic N) is 1. The minimum Gasteiger partial charge on any atom is -0.494 e. The average molecular weight is 296 g/mol. The molecule has 0 fully saturated rings. The van der Waals surface area contributed by atoms with Gasteiger partial charge in [-0.05, 0) is 19.1 Å². The maximum atomic E-state index is 13.1. The van der Waals surface area contributed by atoms with Crippen molar-refractivity contribution in [3.8, 4) is 5.75 Å². The first kappa shape index (κ1) is 14.3. The molecule has 0 saturated carbocycles. The molecule has 1 heterocycles. The van der Waals surface area contributed by atoms with E-state index in [1.807, 2.05) is 0 Å². The summed E-state index contributed by atoms with van der Waals surface area (Å²) < 4.78 is 22.9. The number of methoxy groups -OCH3 is 2. The predicted octanol–water partition coefficient (Wildman–Crippen LogP) is 3.13. The summed E-state index contributed by atoms with van der Waals surface area (Å²) in [5, 5.41) is 3.51. The van der Waals surface area contributed by atoms with Crippen LogP contribution < -0.4 is 10.1 Å². The lowest BCUT2D eigenvalue weighted by atomic mass is 10.3. The molecule has 1 aromatic carbocycles. The number of ether oxygens (including phenoxy) is 2. The monoisotopic (exact) mass is 296 g/mol. The van der Waals surface area contributed by atoms with Crippen LogP contribution >= 0.6 is 11.3 Å². The smallest absolute Gasteiger partial charge is 0.350 e. The molecule has 0 bridgehead atoms. The second-order valence-corrected chi connectivity index (χ2v) is 4.89. The summed E-state index contributed by atoms with van der Waals surface area (Å²) in [4.78, 5) is 16.2. The van der Waals surface area contributed by atoms with E-state index in [-0.39, 0.29) is 0 Å². The van der Waals surface area contributed by atoms with Crippen LogP contribution in [-0.2, 0) is 4.74 Å². The molecule has 0 aliphatic rings. The van der Waals surface area contributed by atoms with E-state index in [2.05, 4.69) is 15.0 Å². The number of aryl methyl sites for hydroxylation is 1. The Bertz CT molecular complexity index is 643. The molecule has 0 amide bonds. The second-order valence-electron chi connectivity index (χ2n) is 3.89. The summed E-state index contributed by atoms with van der Waals surface area (Å²) in [6.07, 6.45) is 0. The Kier molecular flexibility index (Phi) is 4.19. The molecular formula is C13H13FN2O3S. The van der Waals surface area contributed by atoms with Gasteiger partial charge in [0.05, 0.1) is 25.6 Å². The summed E-state index contributed by atoms with van der Waals surface area (Å²) >= 11 is 1.16. The van der Waals surface area contributed by atoms with E-state index in [0.717, 1.165) is 11.3 Å². The number of hydrogen-bond acceptors (Lipinski definition) is 6. The maximum Gasteiger partial charge on any atom is 0.350 e. The first-order valence-electron chi connectivity index (χ1n) is 5.71. The summed E-state index contributed by atoms with van der Waals surface area (Å²) in [7, 11) is 2.77. The van der Waals surface area contributed by atoms with Gasteiger partial charge in [-0.15, -0.1) is 0 Å². The third-order valence-corrected chi connectivity index (χ3v) is 3.63. The number of thiazole rings is 1. The van der Waals surface area contributed by atoms with Crippen molar-refractivity contribution < 1.29 is 18.7 Å². The third kappa shape index (κ3) is 2.88. The van der Waals surface area contributed by atoms with Crippen molar-refractivity contribution in [2.75, 3.05) is 19.5 Å². The lowest BCUT2D eigenvalue weighted by molar-refractivity contribution is 0.0605. The number of carbonyl (C=O) groups is 1. The molecule has 0 saturated heterocycles. The SMILES string of the molecule is COC(=O)c1sc(Nc2ccc(F)cc2OC)nc1C. The van der Waals surface area contributed by atoms with Gasteiger partial charge >= 0.3 is 5.97 Å². The van der Waals surface area contributed by atoms with Crippen LogP contribution in [0, 0.1) is 12.7 Å². The Morgan fingerprint density at radius 1 is 1.40 bits per heavy atom. The van der Waals surface area contributed by atoms with Gasteiger partial charge in [0.1, 0.15) is 16.4 Å². The van der Waals surface area contributed by atoms with E-state index in [9.17, 15) is 9.18 Å². The number of hydrogen-bond donors (Lipinski definition) is 1. The molecule has 0 unspecified atom stereocenters. The zero-order chi connectivity index (χ0) is 14.7. The quantitative estimate of drug-likeness (QED) is 0.878. The van der Waals surface area contributed by atoms with Gasteiger partial charge < -0.3 is 14.8 Å². The fourth-order valence-electron chi connectivity index (χ4n) is 1.62. The Morgan fingerprint density at radius 2 is 2.15 bits per heavy atom. The van der Waals surface area contributed by atoms with Crippen molar-refractivity contribution in [1.82, 2.24) is 4.98 Å². The van der Waals surface area contributed by atoms with Crippen LogP contribution in [-0.4, -0.2) is 25.2 Å². The molecule has 7 heteroatoms. The highest BCUT2D eigenvalue weighted by molar-refractivity contribution is 7.17. The number of carbonyl (C=O) groups excluding carboxylic acids is 1. The second kappa shape index (κ2) is 5.87. The van der Waals surface area contributed by atoms with Crippen LogP contribution in [0.1, 0.15) is 15.4 Å². The molecule has 0 aliphatic carbocycles. The van der Waals surface area contributed by atoms with Crippen LogP contribution in [0.3, 0.4) is 0 Å². The molecule has 20 heavy (non-hydrogen) atoms. The molecule has 0 atom stereocenters. The van der Waals surface area contributed by atoms with E-state index in [1.165, 1.54) is 26.4 Å². The molecule has 1 N–H and O–H groups in total. The van der Waals surface area contributed by atoms with Crippen LogP contribution in [0.15, 0.2) is 18.2 Å². The van der Waals surface area contributed by atoms with Crippen LogP contribution in [0.25, 0.3) is 0 Å². The molecule has 106 valence electrons. The Balaban J connectivity index is 2.29. The number of nitrogens with one attached hydrogen (secondary N) is 1. The summed E-state index contributed by atoms with van der Waals surface area (Å²) in [5.74, 6) is -0.463. The highest BCUT2D eigenvalue weighted by Crippen LogP contribution is 2.31. The van der Waals surface area contributed by atoms with Crippen molar-refractivity contribution >= 4 is 28.1 Å². The van der Waals surface area contributed by atoms with E-state index < -0.39 is 11.8 Å². The zero-order valence-electron chi connectivity index (χ0n) is 11.2. The van der Waals surface area contributed by atoms with Crippen molar-refractivity contribution in [3.05, 3.63) is 34.6 Å². The van der Waals surface area contributed by atoms with E-state index in [4.69, 9.17) is 4.74 Å². The van der Waals surface area contributed by atoms with Crippen LogP contribution in [0.4, 0.5) is 15.2 Å². The van der Waals surface area contributed by atoms with Gasteiger partial charge in [-0.25, -0.2) is 14.2 Å². The van der Waals surface area contributed by atoms with Gasteiger partial charge in [-0.2, -0.15) is 0 Å². The third-order valence-electron chi connectivity index (χ3n) is 2.57. The largest absolute Gasteiger partial charge is 0.494 e. The van der Waals surface area contributed by atoms with Gasteiger partial charge in [0.25, 0.3) is 0 Å². The van der Waals surface area contributed by atoms with Crippen molar-refractivity contribution in [3.63, 3.8) is 0 Å². The first-order valence-corrected chi connectivity index (χ1v) is 6.53. The normalized spacial score (nSPS) is 10.2. The number of benzene rings is 1. The maximum absolute atomic E-state index is 13.1. The number of esters is 1. The zero-order valence-corrected chi connectivity index (χ0v) is 12.0. The van der Waals surface area contributed by atoms with Crippen molar-refractivity contribution in [2.45, 2.75) is 6.92 Å². The summed E-state index contributed by atoms with van der Waals surface area (Å²) in [6.45, 7) is 1.72. The number of halogens is 1.